The normalized spacial score (nSPS) is 11.0. The van der Waals surface area contributed by atoms with Gasteiger partial charge in [-0.15, -0.1) is 0 Å². The van der Waals surface area contributed by atoms with Gasteiger partial charge >= 0.3 is 0 Å². The summed E-state index contributed by atoms with van der Waals surface area (Å²) in [6.07, 6.45) is 0.597. The molecule has 0 aliphatic heterocycles. The Balaban J connectivity index is 1.97. The van der Waals surface area contributed by atoms with E-state index in [1.54, 1.807) is 25.1 Å². The van der Waals surface area contributed by atoms with Gasteiger partial charge in [-0.2, -0.15) is 0 Å². The standard InChI is InChI=1S/C20H23F2N3O3/c1-12(2)17(26)8-16-7-14(4-5-23-16)20(27)25-10-15-9-24-19(6-13(15)3)28-11-18(21)22/h4-7,9,12,18H,8,10-11H2,1-3H3,(H,25,27). The van der Waals surface area contributed by atoms with Crippen LogP contribution in [0.2, 0.25) is 0 Å². The van der Waals surface area contributed by atoms with Gasteiger partial charge < -0.3 is 10.1 Å². The molecule has 0 atom stereocenters. The van der Waals surface area contributed by atoms with Crippen molar-refractivity contribution in [3.63, 3.8) is 0 Å². The molecule has 0 bridgehead atoms. The highest BCUT2D eigenvalue weighted by Gasteiger charge is 2.13. The van der Waals surface area contributed by atoms with Crippen molar-refractivity contribution >= 4 is 11.7 Å². The predicted octanol–water partition coefficient (Wildman–Crippen LogP) is 3.13. The lowest BCUT2D eigenvalue weighted by molar-refractivity contribution is -0.121. The maximum Gasteiger partial charge on any atom is 0.272 e. The Kier molecular flexibility index (Phi) is 7.54. The first-order valence-corrected chi connectivity index (χ1v) is 8.88. The van der Waals surface area contributed by atoms with E-state index in [-0.39, 0.29) is 36.5 Å². The van der Waals surface area contributed by atoms with Crippen LogP contribution < -0.4 is 10.1 Å². The minimum absolute atomic E-state index is 0.0564. The van der Waals surface area contributed by atoms with E-state index < -0.39 is 13.0 Å². The highest BCUT2D eigenvalue weighted by Crippen LogP contribution is 2.15. The molecule has 2 rings (SSSR count). The van der Waals surface area contributed by atoms with E-state index in [9.17, 15) is 18.4 Å². The van der Waals surface area contributed by atoms with Gasteiger partial charge in [0.25, 0.3) is 12.3 Å². The van der Waals surface area contributed by atoms with Crippen molar-refractivity contribution in [1.29, 1.82) is 0 Å². The van der Waals surface area contributed by atoms with E-state index in [4.69, 9.17) is 4.74 Å². The maximum absolute atomic E-state index is 12.4. The third kappa shape index (κ3) is 6.37. The lowest BCUT2D eigenvalue weighted by Gasteiger charge is -2.11. The molecule has 0 aliphatic carbocycles. The molecule has 0 aliphatic rings. The second kappa shape index (κ2) is 9.87. The molecule has 0 aromatic carbocycles. The predicted molar refractivity (Wildman–Crippen MR) is 99.4 cm³/mol. The minimum Gasteiger partial charge on any atom is -0.472 e. The highest BCUT2D eigenvalue weighted by molar-refractivity contribution is 5.94. The number of hydrogen-bond acceptors (Lipinski definition) is 5. The van der Waals surface area contributed by atoms with E-state index in [0.29, 0.717) is 11.3 Å². The van der Waals surface area contributed by atoms with Gasteiger partial charge in [-0.3, -0.25) is 14.6 Å². The zero-order valence-corrected chi connectivity index (χ0v) is 16.0. The van der Waals surface area contributed by atoms with Crippen LogP contribution in [-0.2, 0) is 17.8 Å². The quantitative estimate of drug-likeness (QED) is 0.710. The fraction of sp³-hybridized carbons (Fsp3) is 0.400. The van der Waals surface area contributed by atoms with Crippen molar-refractivity contribution in [2.24, 2.45) is 5.92 Å². The molecule has 0 radical (unpaired) electrons. The van der Waals surface area contributed by atoms with Crippen LogP contribution in [-0.4, -0.2) is 34.7 Å². The summed E-state index contributed by atoms with van der Waals surface area (Å²) in [7, 11) is 0. The molecule has 0 unspecified atom stereocenters. The third-order valence-electron chi connectivity index (χ3n) is 4.07. The first-order chi connectivity index (χ1) is 13.3. The summed E-state index contributed by atoms with van der Waals surface area (Å²) < 4.78 is 29.2. The van der Waals surface area contributed by atoms with Gasteiger partial charge in [-0.05, 0) is 30.2 Å². The molecular weight excluding hydrogens is 368 g/mol. The Bertz CT molecular complexity index is 841. The van der Waals surface area contributed by atoms with Crippen molar-refractivity contribution in [3.8, 4) is 5.88 Å². The number of aromatic nitrogens is 2. The first-order valence-electron chi connectivity index (χ1n) is 8.88. The molecule has 28 heavy (non-hydrogen) atoms. The molecule has 6 nitrogen and oxygen atoms in total. The SMILES string of the molecule is Cc1cc(OCC(F)F)ncc1CNC(=O)c1ccnc(CC(=O)C(C)C)c1. The molecule has 2 heterocycles. The van der Waals surface area contributed by atoms with Crippen LogP contribution in [0.1, 0.15) is 41.0 Å². The third-order valence-corrected chi connectivity index (χ3v) is 4.07. The molecule has 150 valence electrons. The highest BCUT2D eigenvalue weighted by atomic mass is 19.3. The van der Waals surface area contributed by atoms with Gasteiger partial charge in [0, 0.05) is 48.6 Å². The number of Topliss-reactive ketones (excluding diaryl/α,β-unsaturated/α-hetero) is 1. The number of pyridine rings is 2. The van der Waals surface area contributed by atoms with Crippen LogP contribution in [0, 0.1) is 12.8 Å². The van der Waals surface area contributed by atoms with Gasteiger partial charge in [0.2, 0.25) is 5.88 Å². The smallest absolute Gasteiger partial charge is 0.272 e. The van der Waals surface area contributed by atoms with Crippen LogP contribution >= 0.6 is 0 Å². The maximum atomic E-state index is 12.4. The van der Waals surface area contributed by atoms with Crippen LogP contribution in [0.15, 0.2) is 30.6 Å². The second-order valence-corrected chi connectivity index (χ2v) is 6.67. The minimum atomic E-state index is -2.57. The number of hydrogen-bond donors (Lipinski definition) is 1. The summed E-state index contributed by atoms with van der Waals surface area (Å²) in [5.74, 6) is -0.233. The van der Waals surface area contributed by atoms with Crippen LogP contribution in [0.5, 0.6) is 5.88 Å². The molecule has 0 fully saturated rings. The van der Waals surface area contributed by atoms with E-state index in [0.717, 1.165) is 11.1 Å². The summed E-state index contributed by atoms with van der Waals surface area (Å²) in [5.41, 5.74) is 2.45. The van der Waals surface area contributed by atoms with Crippen LogP contribution in [0.3, 0.4) is 0 Å². The van der Waals surface area contributed by atoms with Crippen LogP contribution in [0.25, 0.3) is 0 Å². The zero-order chi connectivity index (χ0) is 20.7. The Hall–Kier alpha value is -2.90. The Labute approximate surface area is 162 Å². The lowest BCUT2D eigenvalue weighted by atomic mass is 10.0. The summed E-state index contributed by atoms with van der Waals surface area (Å²) in [6.45, 7) is 4.92. The number of aryl methyl sites for hydroxylation is 1. The number of carbonyl (C=O) groups is 2. The molecule has 2 aromatic heterocycles. The number of amides is 1. The fourth-order valence-electron chi connectivity index (χ4n) is 2.35. The summed E-state index contributed by atoms with van der Waals surface area (Å²) in [4.78, 5) is 32.4. The number of ketones is 1. The number of ether oxygens (including phenoxy) is 1. The molecule has 0 saturated heterocycles. The van der Waals surface area contributed by atoms with Gasteiger partial charge in [0.15, 0.2) is 6.61 Å². The van der Waals surface area contributed by atoms with Gasteiger partial charge in [-0.25, -0.2) is 13.8 Å². The van der Waals surface area contributed by atoms with Crippen LogP contribution in [0.4, 0.5) is 8.78 Å². The molecule has 1 amide bonds. The Morgan fingerprint density at radius 1 is 1.21 bits per heavy atom. The lowest BCUT2D eigenvalue weighted by Crippen LogP contribution is -2.24. The largest absolute Gasteiger partial charge is 0.472 e. The topological polar surface area (TPSA) is 81.2 Å². The molecule has 2 aromatic rings. The number of nitrogens with zero attached hydrogens (tertiary/aromatic N) is 2. The monoisotopic (exact) mass is 391 g/mol. The summed E-state index contributed by atoms with van der Waals surface area (Å²) >= 11 is 0. The molecule has 0 spiro atoms. The van der Waals surface area contributed by atoms with Crippen molar-refractivity contribution in [3.05, 3.63) is 53.0 Å². The summed E-state index contributed by atoms with van der Waals surface area (Å²) in [5, 5.41) is 2.78. The molecule has 1 N–H and O–H groups in total. The molecule has 8 heteroatoms. The van der Waals surface area contributed by atoms with E-state index >= 15 is 0 Å². The van der Waals surface area contributed by atoms with E-state index in [1.807, 2.05) is 13.8 Å². The van der Waals surface area contributed by atoms with E-state index in [1.165, 1.54) is 12.4 Å². The number of alkyl halides is 2. The van der Waals surface area contributed by atoms with Crippen molar-refractivity contribution in [2.75, 3.05) is 6.61 Å². The first kappa shape index (κ1) is 21.4. The Morgan fingerprint density at radius 3 is 2.61 bits per heavy atom. The van der Waals surface area contributed by atoms with Crippen molar-refractivity contribution in [2.45, 2.75) is 40.2 Å². The van der Waals surface area contributed by atoms with Gasteiger partial charge in [0.1, 0.15) is 5.78 Å². The average Bonchev–Trinajstić information content (AvgIpc) is 2.65. The average molecular weight is 391 g/mol. The van der Waals surface area contributed by atoms with Gasteiger partial charge in [0.05, 0.1) is 0 Å². The number of rotatable bonds is 9. The zero-order valence-electron chi connectivity index (χ0n) is 16.0. The fourth-order valence-corrected chi connectivity index (χ4v) is 2.35. The number of nitrogens with one attached hydrogen (secondary N) is 1. The molecular formula is C20H23F2N3O3. The second-order valence-electron chi connectivity index (χ2n) is 6.67. The number of carbonyl (C=O) groups excluding carboxylic acids is 2. The van der Waals surface area contributed by atoms with Crippen molar-refractivity contribution in [1.82, 2.24) is 15.3 Å². The molecule has 0 saturated carbocycles. The summed E-state index contributed by atoms with van der Waals surface area (Å²) in [6, 6.07) is 4.72. The van der Waals surface area contributed by atoms with Crippen molar-refractivity contribution < 1.29 is 23.1 Å². The van der Waals surface area contributed by atoms with E-state index in [2.05, 4.69) is 15.3 Å². The number of halogens is 2. The van der Waals surface area contributed by atoms with Gasteiger partial charge in [-0.1, -0.05) is 13.8 Å². The Morgan fingerprint density at radius 2 is 1.96 bits per heavy atom.